The van der Waals surface area contributed by atoms with E-state index < -0.39 is 0 Å². The van der Waals surface area contributed by atoms with Gasteiger partial charge in [-0.05, 0) is 18.8 Å². The number of unbranched alkanes of at least 4 members (excludes halogenated alkanes) is 1. The fourth-order valence-electron chi connectivity index (χ4n) is 1.60. The number of rotatable bonds is 7. The van der Waals surface area contributed by atoms with E-state index in [1.807, 2.05) is 0 Å². The van der Waals surface area contributed by atoms with Crippen LogP contribution < -0.4 is 10.6 Å². The lowest BCUT2D eigenvalue weighted by Gasteiger charge is -2.28. The minimum absolute atomic E-state index is 0.110. The lowest BCUT2D eigenvalue weighted by atomic mass is 9.89. The van der Waals surface area contributed by atoms with Crippen LogP contribution in [0.25, 0.3) is 0 Å². The number of nitrogens with one attached hydrogen (secondary N) is 2. The first-order chi connectivity index (χ1) is 8.45. The standard InChI is InChI=1S/C14H31N3O/c1-7-9-10-16-13(15-8-2)17-11-12(18-6)14(3,4)5/h12H,7-11H2,1-6H3,(H2,15,16,17). The summed E-state index contributed by atoms with van der Waals surface area (Å²) in [4.78, 5) is 4.59. The van der Waals surface area contributed by atoms with Crippen molar-refractivity contribution in [1.82, 2.24) is 10.6 Å². The lowest BCUT2D eigenvalue weighted by molar-refractivity contribution is 0.0241. The molecule has 1 unspecified atom stereocenters. The minimum atomic E-state index is 0.110. The quantitative estimate of drug-likeness (QED) is 0.418. The number of hydrogen-bond acceptors (Lipinski definition) is 2. The topological polar surface area (TPSA) is 45.7 Å². The summed E-state index contributed by atoms with van der Waals surface area (Å²) >= 11 is 0. The Bertz CT molecular complexity index is 234. The van der Waals surface area contributed by atoms with E-state index in [9.17, 15) is 0 Å². The van der Waals surface area contributed by atoms with Gasteiger partial charge in [-0.3, -0.25) is 4.99 Å². The number of ether oxygens (including phenoxy) is 1. The molecule has 0 aliphatic carbocycles. The van der Waals surface area contributed by atoms with Crippen molar-refractivity contribution in [2.24, 2.45) is 10.4 Å². The van der Waals surface area contributed by atoms with E-state index in [4.69, 9.17) is 4.74 Å². The van der Waals surface area contributed by atoms with Crippen LogP contribution in [0.4, 0.5) is 0 Å². The van der Waals surface area contributed by atoms with Gasteiger partial charge >= 0.3 is 0 Å². The summed E-state index contributed by atoms with van der Waals surface area (Å²) in [5.41, 5.74) is 0.110. The highest BCUT2D eigenvalue weighted by Gasteiger charge is 2.23. The van der Waals surface area contributed by atoms with Crippen LogP contribution in [0.2, 0.25) is 0 Å². The first-order valence-electron chi connectivity index (χ1n) is 7.00. The zero-order chi connectivity index (χ0) is 14.0. The van der Waals surface area contributed by atoms with Crippen LogP contribution in [0.1, 0.15) is 47.5 Å². The maximum absolute atomic E-state index is 5.51. The van der Waals surface area contributed by atoms with Gasteiger partial charge in [0.1, 0.15) is 0 Å². The Morgan fingerprint density at radius 3 is 2.33 bits per heavy atom. The summed E-state index contributed by atoms with van der Waals surface area (Å²) in [6.45, 7) is 13.3. The highest BCUT2D eigenvalue weighted by atomic mass is 16.5. The zero-order valence-electron chi connectivity index (χ0n) is 13.0. The van der Waals surface area contributed by atoms with E-state index in [2.05, 4.69) is 50.2 Å². The van der Waals surface area contributed by atoms with E-state index in [1.165, 1.54) is 6.42 Å². The molecule has 0 saturated carbocycles. The molecular weight excluding hydrogens is 226 g/mol. The molecule has 0 heterocycles. The number of methoxy groups -OCH3 is 1. The van der Waals surface area contributed by atoms with Crippen LogP contribution in [-0.2, 0) is 4.74 Å². The number of aliphatic imine (C=N–C) groups is 1. The predicted octanol–water partition coefficient (Wildman–Crippen LogP) is 2.40. The number of guanidine groups is 1. The van der Waals surface area contributed by atoms with Crippen molar-refractivity contribution in [3.8, 4) is 0 Å². The summed E-state index contributed by atoms with van der Waals surface area (Å²) < 4.78 is 5.51. The van der Waals surface area contributed by atoms with Crippen molar-refractivity contribution >= 4 is 5.96 Å². The maximum atomic E-state index is 5.51. The Hall–Kier alpha value is -0.770. The van der Waals surface area contributed by atoms with E-state index in [-0.39, 0.29) is 11.5 Å². The fraction of sp³-hybridized carbons (Fsp3) is 0.929. The van der Waals surface area contributed by atoms with Crippen molar-refractivity contribution < 1.29 is 4.74 Å². The average molecular weight is 257 g/mol. The van der Waals surface area contributed by atoms with Crippen LogP contribution in [0, 0.1) is 5.41 Å². The van der Waals surface area contributed by atoms with Gasteiger partial charge in [-0.25, -0.2) is 0 Å². The highest BCUT2D eigenvalue weighted by Crippen LogP contribution is 2.21. The smallest absolute Gasteiger partial charge is 0.191 e. The summed E-state index contributed by atoms with van der Waals surface area (Å²) in [5.74, 6) is 0.886. The predicted molar refractivity (Wildman–Crippen MR) is 79.1 cm³/mol. The third-order valence-electron chi connectivity index (χ3n) is 2.83. The Morgan fingerprint density at radius 2 is 1.89 bits per heavy atom. The highest BCUT2D eigenvalue weighted by molar-refractivity contribution is 5.79. The summed E-state index contributed by atoms with van der Waals surface area (Å²) in [5, 5.41) is 6.59. The third-order valence-corrected chi connectivity index (χ3v) is 2.83. The summed E-state index contributed by atoms with van der Waals surface area (Å²) in [7, 11) is 1.75. The molecule has 0 amide bonds. The van der Waals surface area contributed by atoms with Gasteiger partial charge in [0.05, 0.1) is 12.6 Å². The SMILES string of the molecule is CCCCNC(=NCC(OC)C(C)(C)C)NCC. The van der Waals surface area contributed by atoms with Crippen molar-refractivity contribution in [1.29, 1.82) is 0 Å². The normalized spacial score (nSPS) is 14.4. The van der Waals surface area contributed by atoms with Gasteiger partial charge in [-0.1, -0.05) is 34.1 Å². The van der Waals surface area contributed by atoms with E-state index >= 15 is 0 Å². The van der Waals surface area contributed by atoms with Gasteiger partial charge in [0, 0.05) is 20.2 Å². The van der Waals surface area contributed by atoms with Crippen molar-refractivity contribution in [3.05, 3.63) is 0 Å². The van der Waals surface area contributed by atoms with Crippen LogP contribution in [-0.4, -0.2) is 38.8 Å². The Balaban J connectivity index is 4.35. The monoisotopic (exact) mass is 257 g/mol. The van der Waals surface area contributed by atoms with E-state index in [0.29, 0.717) is 6.54 Å². The molecule has 0 aliphatic rings. The Labute approximate surface area is 113 Å². The van der Waals surface area contributed by atoms with Gasteiger partial charge < -0.3 is 15.4 Å². The van der Waals surface area contributed by atoms with E-state index in [1.54, 1.807) is 7.11 Å². The molecule has 18 heavy (non-hydrogen) atoms. The second-order valence-corrected chi connectivity index (χ2v) is 5.59. The molecule has 0 spiro atoms. The Morgan fingerprint density at radius 1 is 1.22 bits per heavy atom. The van der Waals surface area contributed by atoms with Crippen molar-refractivity contribution in [2.45, 2.75) is 53.6 Å². The first kappa shape index (κ1) is 17.2. The van der Waals surface area contributed by atoms with Crippen molar-refractivity contribution in [2.75, 3.05) is 26.7 Å². The third kappa shape index (κ3) is 7.54. The van der Waals surface area contributed by atoms with Crippen LogP contribution in [0.3, 0.4) is 0 Å². The average Bonchev–Trinajstić information content (AvgIpc) is 2.28. The van der Waals surface area contributed by atoms with Crippen LogP contribution in [0.15, 0.2) is 4.99 Å². The van der Waals surface area contributed by atoms with Crippen LogP contribution >= 0.6 is 0 Å². The first-order valence-corrected chi connectivity index (χ1v) is 7.00. The largest absolute Gasteiger partial charge is 0.379 e. The van der Waals surface area contributed by atoms with Crippen molar-refractivity contribution in [3.63, 3.8) is 0 Å². The van der Waals surface area contributed by atoms with Gasteiger partial charge in [-0.15, -0.1) is 0 Å². The molecule has 0 aromatic rings. The molecule has 1 atom stereocenters. The molecule has 4 nitrogen and oxygen atoms in total. The fourth-order valence-corrected chi connectivity index (χ4v) is 1.60. The zero-order valence-corrected chi connectivity index (χ0v) is 13.0. The van der Waals surface area contributed by atoms with Gasteiger partial charge in [-0.2, -0.15) is 0 Å². The molecule has 0 aromatic carbocycles. The summed E-state index contributed by atoms with van der Waals surface area (Å²) in [6.07, 6.45) is 2.49. The Kier molecular flexibility index (Phi) is 8.81. The molecule has 0 bridgehead atoms. The molecular formula is C14H31N3O. The minimum Gasteiger partial charge on any atom is -0.379 e. The number of hydrogen-bond donors (Lipinski definition) is 2. The van der Waals surface area contributed by atoms with E-state index in [0.717, 1.165) is 25.5 Å². The van der Waals surface area contributed by atoms with Gasteiger partial charge in [0.15, 0.2) is 5.96 Å². The molecule has 0 aromatic heterocycles. The summed E-state index contributed by atoms with van der Waals surface area (Å²) in [6, 6.07) is 0. The second kappa shape index (κ2) is 9.20. The molecule has 0 radical (unpaired) electrons. The second-order valence-electron chi connectivity index (χ2n) is 5.59. The van der Waals surface area contributed by atoms with Gasteiger partial charge in [0.25, 0.3) is 0 Å². The molecule has 0 aliphatic heterocycles. The number of nitrogens with zero attached hydrogens (tertiary/aromatic N) is 1. The van der Waals surface area contributed by atoms with Gasteiger partial charge in [0.2, 0.25) is 0 Å². The molecule has 0 rings (SSSR count). The molecule has 4 heteroatoms. The molecule has 0 fully saturated rings. The lowest BCUT2D eigenvalue weighted by Crippen LogP contribution is -2.39. The molecule has 2 N–H and O–H groups in total. The molecule has 108 valence electrons. The maximum Gasteiger partial charge on any atom is 0.191 e. The van der Waals surface area contributed by atoms with Crippen LogP contribution in [0.5, 0.6) is 0 Å². The molecule has 0 saturated heterocycles.